The van der Waals surface area contributed by atoms with Crippen molar-refractivity contribution in [2.75, 3.05) is 39.3 Å². The quantitative estimate of drug-likeness (QED) is 0.814. The van der Waals surface area contributed by atoms with Gasteiger partial charge in [-0.25, -0.2) is 0 Å². The van der Waals surface area contributed by atoms with Crippen LogP contribution in [-0.4, -0.2) is 61.0 Å². The van der Waals surface area contributed by atoms with Crippen molar-refractivity contribution >= 4 is 30.7 Å². The number of halogens is 2. The molecule has 3 rings (SSSR count). The van der Waals surface area contributed by atoms with Crippen molar-refractivity contribution < 1.29 is 4.79 Å². The third-order valence-corrected chi connectivity index (χ3v) is 5.77. The van der Waals surface area contributed by atoms with Gasteiger partial charge in [0.25, 0.3) is 0 Å². The fourth-order valence-electron chi connectivity index (χ4n) is 4.41. The van der Waals surface area contributed by atoms with Gasteiger partial charge in [0, 0.05) is 38.6 Å². The highest BCUT2D eigenvalue weighted by atomic mass is 35.5. The van der Waals surface area contributed by atoms with Crippen LogP contribution in [0.25, 0.3) is 0 Å². The molecule has 2 saturated heterocycles. The van der Waals surface area contributed by atoms with Crippen LogP contribution < -0.4 is 5.32 Å². The van der Waals surface area contributed by atoms with Crippen molar-refractivity contribution in [1.82, 2.24) is 15.1 Å². The van der Waals surface area contributed by atoms with E-state index in [2.05, 4.69) is 15.1 Å². The summed E-state index contributed by atoms with van der Waals surface area (Å²) in [5.74, 6) is 1.29. The van der Waals surface area contributed by atoms with E-state index < -0.39 is 0 Å². The molecule has 2 heterocycles. The number of carbonyl (C=O) groups excluding carboxylic acids is 1. The van der Waals surface area contributed by atoms with Gasteiger partial charge < -0.3 is 15.1 Å². The first-order valence-corrected chi connectivity index (χ1v) is 9.55. The molecule has 0 aromatic heterocycles. The summed E-state index contributed by atoms with van der Waals surface area (Å²) in [5.41, 5.74) is 0. The summed E-state index contributed by atoms with van der Waals surface area (Å²) in [7, 11) is 0. The molecular weight excluding hydrogens is 345 g/mol. The molecule has 2 aliphatic heterocycles. The van der Waals surface area contributed by atoms with E-state index in [1.165, 1.54) is 58.0 Å². The summed E-state index contributed by atoms with van der Waals surface area (Å²) in [4.78, 5) is 17.2. The summed E-state index contributed by atoms with van der Waals surface area (Å²) < 4.78 is 0. The molecule has 1 amide bonds. The van der Waals surface area contributed by atoms with E-state index in [0.717, 1.165) is 38.5 Å². The molecule has 1 N–H and O–H groups in total. The lowest BCUT2D eigenvalue weighted by atomic mass is 9.89. The molecule has 142 valence electrons. The summed E-state index contributed by atoms with van der Waals surface area (Å²) in [6.07, 6.45) is 11.4. The maximum Gasteiger partial charge on any atom is 0.224 e. The van der Waals surface area contributed by atoms with Gasteiger partial charge in [0.2, 0.25) is 5.91 Å². The molecule has 0 aromatic rings. The summed E-state index contributed by atoms with van der Waals surface area (Å²) in [6.45, 7) is 6.53. The second kappa shape index (κ2) is 11.6. The molecule has 1 atom stereocenters. The number of hydrogen-bond acceptors (Lipinski definition) is 3. The van der Waals surface area contributed by atoms with Gasteiger partial charge in [-0.3, -0.25) is 4.79 Å². The zero-order valence-electron chi connectivity index (χ0n) is 14.9. The number of hydrogen-bond donors (Lipinski definition) is 1. The summed E-state index contributed by atoms with van der Waals surface area (Å²) in [6, 6.07) is 0.439. The van der Waals surface area contributed by atoms with Gasteiger partial charge >= 0.3 is 0 Å². The summed E-state index contributed by atoms with van der Waals surface area (Å²) in [5, 5.41) is 3.45. The Labute approximate surface area is 159 Å². The third kappa shape index (κ3) is 6.70. The van der Waals surface area contributed by atoms with E-state index >= 15 is 0 Å². The minimum atomic E-state index is 0. The largest absolute Gasteiger partial charge is 0.341 e. The molecule has 0 bridgehead atoms. The smallest absolute Gasteiger partial charge is 0.224 e. The molecule has 0 spiro atoms. The lowest BCUT2D eigenvalue weighted by molar-refractivity contribution is -0.131. The first-order chi connectivity index (χ1) is 10.8. The van der Waals surface area contributed by atoms with Gasteiger partial charge in [-0.1, -0.05) is 19.3 Å². The predicted octanol–water partition coefficient (Wildman–Crippen LogP) is 3.09. The Morgan fingerprint density at radius 1 is 0.875 bits per heavy atom. The highest BCUT2D eigenvalue weighted by Gasteiger charge is 2.24. The van der Waals surface area contributed by atoms with Crippen molar-refractivity contribution in [3.63, 3.8) is 0 Å². The number of amides is 1. The average molecular weight is 380 g/mol. The van der Waals surface area contributed by atoms with Crippen LogP contribution in [0.4, 0.5) is 0 Å². The van der Waals surface area contributed by atoms with Crippen molar-refractivity contribution in [3.8, 4) is 0 Å². The van der Waals surface area contributed by atoms with Gasteiger partial charge in [0.1, 0.15) is 0 Å². The van der Waals surface area contributed by atoms with Crippen LogP contribution in [0.1, 0.15) is 57.8 Å². The Kier molecular flexibility index (Phi) is 10.6. The lowest BCUT2D eigenvalue weighted by Crippen LogP contribution is -2.39. The highest BCUT2D eigenvalue weighted by molar-refractivity contribution is 5.85. The predicted molar refractivity (Wildman–Crippen MR) is 104 cm³/mol. The van der Waals surface area contributed by atoms with E-state index in [-0.39, 0.29) is 24.8 Å². The maximum atomic E-state index is 12.5. The van der Waals surface area contributed by atoms with E-state index in [9.17, 15) is 4.79 Å². The minimum absolute atomic E-state index is 0. The normalized spacial score (nSPS) is 26.3. The molecule has 1 aliphatic carbocycles. The molecule has 3 aliphatic rings. The van der Waals surface area contributed by atoms with E-state index in [1.54, 1.807) is 0 Å². The van der Waals surface area contributed by atoms with Crippen LogP contribution in [0.3, 0.4) is 0 Å². The molecule has 1 unspecified atom stereocenters. The molecule has 1 saturated carbocycles. The van der Waals surface area contributed by atoms with E-state index in [0.29, 0.717) is 18.4 Å². The van der Waals surface area contributed by atoms with Crippen LogP contribution in [0, 0.1) is 5.92 Å². The van der Waals surface area contributed by atoms with Crippen LogP contribution in [0.15, 0.2) is 0 Å². The molecule has 6 heteroatoms. The van der Waals surface area contributed by atoms with Gasteiger partial charge in [0.15, 0.2) is 0 Å². The first-order valence-electron chi connectivity index (χ1n) is 9.55. The average Bonchev–Trinajstić information content (AvgIpc) is 2.93. The Balaban J connectivity index is 0.00000144. The molecule has 0 aromatic carbocycles. The Bertz CT molecular complexity index is 358. The molecule has 3 fully saturated rings. The van der Waals surface area contributed by atoms with E-state index in [4.69, 9.17) is 0 Å². The fourth-order valence-corrected chi connectivity index (χ4v) is 4.41. The Morgan fingerprint density at radius 3 is 2.38 bits per heavy atom. The van der Waals surface area contributed by atoms with Crippen LogP contribution >= 0.6 is 24.8 Å². The van der Waals surface area contributed by atoms with Gasteiger partial charge in [-0.2, -0.15) is 0 Å². The molecular formula is C18H35Cl2N3O. The molecule has 24 heavy (non-hydrogen) atoms. The van der Waals surface area contributed by atoms with E-state index in [1.807, 2.05) is 0 Å². The molecule has 0 radical (unpaired) electrons. The van der Waals surface area contributed by atoms with Crippen LogP contribution in [0.5, 0.6) is 0 Å². The monoisotopic (exact) mass is 379 g/mol. The number of nitrogens with one attached hydrogen (secondary N) is 1. The second-order valence-electron chi connectivity index (χ2n) is 7.54. The van der Waals surface area contributed by atoms with Gasteiger partial charge in [-0.15, -0.1) is 24.8 Å². The van der Waals surface area contributed by atoms with Crippen molar-refractivity contribution in [3.05, 3.63) is 0 Å². The second-order valence-corrected chi connectivity index (χ2v) is 7.54. The maximum absolute atomic E-state index is 12.5. The van der Waals surface area contributed by atoms with Crippen molar-refractivity contribution in [2.45, 2.75) is 63.8 Å². The Morgan fingerprint density at radius 2 is 1.67 bits per heavy atom. The van der Waals surface area contributed by atoms with Crippen molar-refractivity contribution in [1.29, 1.82) is 0 Å². The number of rotatable bonds is 4. The zero-order chi connectivity index (χ0) is 15.2. The fraction of sp³-hybridized carbons (Fsp3) is 0.944. The van der Waals surface area contributed by atoms with Crippen LogP contribution in [0.2, 0.25) is 0 Å². The van der Waals surface area contributed by atoms with Crippen LogP contribution in [-0.2, 0) is 4.79 Å². The number of carbonyl (C=O) groups is 1. The minimum Gasteiger partial charge on any atom is -0.341 e. The first kappa shape index (κ1) is 22.0. The topological polar surface area (TPSA) is 35.6 Å². The third-order valence-electron chi connectivity index (χ3n) is 5.77. The lowest BCUT2D eigenvalue weighted by Gasteiger charge is -2.29. The molecule has 4 nitrogen and oxygen atoms in total. The standard InChI is InChI=1S/C18H33N3O.2ClH/c22-18(14-17-8-4-9-19-17)21-11-5-10-20(12-13-21)15-16-6-2-1-3-7-16;;/h16-17,19H,1-15H2;2*1H. The zero-order valence-corrected chi connectivity index (χ0v) is 16.5. The Hall–Kier alpha value is -0.0300. The van der Waals surface area contributed by atoms with Crippen molar-refractivity contribution in [2.24, 2.45) is 5.92 Å². The summed E-state index contributed by atoms with van der Waals surface area (Å²) >= 11 is 0. The highest BCUT2D eigenvalue weighted by Crippen LogP contribution is 2.24. The van der Waals surface area contributed by atoms with Gasteiger partial charge in [-0.05, 0) is 51.1 Å². The SMILES string of the molecule is Cl.Cl.O=C(CC1CCCN1)N1CCCN(CC2CCCCC2)CC1. The number of nitrogens with zero attached hydrogens (tertiary/aromatic N) is 2. The van der Waals surface area contributed by atoms with Gasteiger partial charge in [0.05, 0.1) is 0 Å².